The molecule has 0 aromatic heterocycles. The third-order valence-corrected chi connectivity index (χ3v) is 11.7. The SMILES string of the molecule is CC/C=C\C/C=C\C/C=C\CCCCCCCCC(=O)OC(COC(=O)CCCCCCCCCCC)COC(=O)CCCCCCCCCCCCCCCCCCCC. The number of hydrogen-bond acceptors (Lipinski definition) is 6. The number of allylic oxidation sites excluding steroid dienone is 6. The molecule has 0 radical (unpaired) electrons. The Morgan fingerprint density at radius 1 is 0.344 bits per heavy atom. The van der Waals surface area contributed by atoms with Crippen molar-refractivity contribution in [1.82, 2.24) is 0 Å². The Balaban J connectivity index is 4.28. The van der Waals surface area contributed by atoms with Crippen LogP contribution >= 0.6 is 0 Å². The van der Waals surface area contributed by atoms with Gasteiger partial charge in [0.15, 0.2) is 6.10 Å². The first-order valence-corrected chi connectivity index (χ1v) is 26.5. The number of unbranched alkanes of at least 4 members (excludes halogenated alkanes) is 31. The highest BCUT2D eigenvalue weighted by atomic mass is 16.6. The van der Waals surface area contributed by atoms with E-state index in [1.165, 1.54) is 154 Å². The van der Waals surface area contributed by atoms with Gasteiger partial charge in [0.1, 0.15) is 13.2 Å². The minimum Gasteiger partial charge on any atom is -0.462 e. The number of esters is 3. The van der Waals surface area contributed by atoms with Gasteiger partial charge < -0.3 is 14.2 Å². The first-order chi connectivity index (χ1) is 30.0. The molecular formula is C55H100O6. The Morgan fingerprint density at radius 3 is 1.00 bits per heavy atom. The summed E-state index contributed by atoms with van der Waals surface area (Å²) < 4.78 is 16.8. The molecule has 356 valence electrons. The third kappa shape index (κ3) is 48.5. The molecule has 1 atom stereocenters. The van der Waals surface area contributed by atoms with Crippen LogP contribution in [-0.2, 0) is 28.6 Å². The Hall–Kier alpha value is -2.37. The van der Waals surface area contributed by atoms with Gasteiger partial charge in [0.2, 0.25) is 0 Å². The molecule has 0 heterocycles. The van der Waals surface area contributed by atoms with Crippen molar-refractivity contribution in [1.29, 1.82) is 0 Å². The molecule has 0 aromatic carbocycles. The second-order valence-electron chi connectivity index (χ2n) is 17.8. The third-order valence-electron chi connectivity index (χ3n) is 11.7. The van der Waals surface area contributed by atoms with Crippen molar-refractivity contribution in [3.63, 3.8) is 0 Å². The van der Waals surface area contributed by atoms with E-state index in [1.54, 1.807) is 0 Å². The van der Waals surface area contributed by atoms with Crippen LogP contribution in [0.2, 0.25) is 0 Å². The van der Waals surface area contributed by atoms with Crippen LogP contribution in [0.5, 0.6) is 0 Å². The lowest BCUT2D eigenvalue weighted by atomic mass is 10.0. The van der Waals surface area contributed by atoms with Crippen LogP contribution in [0.15, 0.2) is 36.5 Å². The lowest BCUT2D eigenvalue weighted by molar-refractivity contribution is -0.167. The van der Waals surface area contributed by atoms with Crippen molar-refractivity contribution in [3.8, 4) is 0 Å². The zero-order chi connectivity index (χ0) is 44.4. The summed E-state index contributed by atoms with van der Waals surface area (Å²) in [6.07, 6.45) is 58.5. The van der Waals surface area contributed by atoms with Crippen molar-refractivity contribution >= 4 is 17.9 Å². The average molecular weight is 857 g/mol. The van der Waals surface area contributed by atoms with Gasteiger partial charge in [0.05, 0.1) is 0 Å². The summed E-state index contributed by atoms with van der Waals surface area (Å²) in [6, 6.07) is 0. The van der Waals surface area contributed by atoms with Gasteiger partial charge in [-0.05, 0) is 51.4 Å². The highest BCUT2D eigenvalue weighted by molar-refractivity contribution is 5.71. The summed E-state index contributed by atoms with van der Waals surface area (Å²) in [5.74, 6) is -0.877. The summed E-state index contributed by atoms with van der Waals surface area (Å²) in [5.41, 5.74) is 0. The number of carbonyl (C=O) groups excluding carboxylic acids is 3. The van der Waals surface area contributed by atoms with Gasteiger partial charge in [0.25, 0.3) is 0 Å². The van der Waals surface area contributed by atoms with Gasteiger partial charge in [-0.15, -0.1) is 0 Å². The quantitative estimate of drug-likeness (QED) is 0.0262. The number of ether oxygens (including phenoxy) is 3. The van der Waals surface area contributed by atoms with Crippen molar-refractivity contribution in [3.05, 3.63) is 36.5 Å². The van der Waals surface area contributed by atoms with Crippen molar-refractivity contribution in [2.75, 3.05) is 13.2 Å². The molecule has 6 heteroatoms. The Bertz CT molecular complexity index is 1030. The van der Waals surface area contributed by atoms with Crippen molar-refractivity contribution in [2.45, 2.75) is 284 Å². The minimum atomic E-state index is -0.773. The monoisotopic (exact) mass is 857 g/mol. The first-order valence-electron chi connectivity index (χ1n) is 26.5. The molecule has 0 amide bonds. The van der Waals surface area contributed by atoms with Gasteiger partial charge in [-0.3, -0.25) is 14.4 Å². The molecular weight excluding hydrogens is 757 g/mol. The maximum absolute atomic E-state index is 12.8. The van der Waals surface area contributed by atoms with Gasteiger partial charge in [0, 0.05) is 19.3 Å². The molecule has 0 aliphatic rings. The summed E-state index contributed by atoms with van der Waals surface area (Å²) in [7, 11) is 0. The van der Waals surface area contributed by atoms with Gasteiger partial charge in [-0.2, -0.15) is 0 Å². The fraction of sp³-hybridized carbons (Fsp3) is 0.836. The zero-order valence-corrected chi connectivity index (χ0v) is 40.7. The van der Waals surface area contributed by atoms with Crippen LogP contribution in [0.25, 0.3) is 0 Å². The maximum atomic E-state index is 12.8. The van der Waals surface area contributed by atoms with E-state index < -0.39 is 6.10 Å². The summed E-state index contributed by atoms with van der Waals surface area (Å²) >= 11 is 0. The van der Waals surface area contributed by atoms with Crippen LogP contribution < -0.4 is 0 Å². The molecule has 0 aromatic rings. The molecule has 1 unspecified atom stereocenters. The molecule has 0 rings (SSSR count). The van der Waals surface area contributed by atoms with Crippen molar-refractivity contribution in [2.24, 2.45) is 0 Å². The van der Waals surface area contributed by atoms with E-state index in [0.29, 0.717) is 19.3 Å². The molecule has 0 N–H and O–H groups in total. The number of hydrogen-bond donors (Lipinski definition) is 0. The molecule has 0 fully saturated rings. The minimum absolute atomic E-state index is 0.0734. The van der Waals surface area contributed by atoms with E-state index >= 15 is 0 Å². The summed E-state index contributed by atoms with van der Waals surface area (Å²) in [6.45, 7) is 6.53. The molecule has 0 spiro atoms. The Morgan fingerprint density at radius 2 is 0.639 bits per heavy atom. The van der Waals surface area contributed by atoms with Crippen molar-refractivity contribution < 1.29 is 28.6 Å². The van der Waals surface area contributed by atoms with Crippen LogP contribution in [0.3, 0.4) is 0 Å². The van der Waals surface area contributed by atoms with Crippen LogP contribution in [0.4, 0.5) is 0 Å². The highest BCUT2D eigenvalue weighted by Gasteiger charge is 2.19. The summed E-state index contributed by atoms with van der Waals surface area (Å²) in [5, 5.41) is 0. The molecule has 6 nitrogen and oxygen atoms in total. The zero-order valence-electron chi connectivity index (χ0n) is 40.7. The standard InChI is InChI=1S/C55H100O6/c1-4-7-10-13-16-19-21-23-25-27-28-30-31-33-36-39-42-45-48-54(57)60-51-52(50-59-53(56)47-44-41-38-35-18-15-12-9-6-3)61-55(58)49-46-43-40-37-34-32-29-26-24-22-20-17-14-11-8-5-2/h8,11,17,20,24,26,52H,4-7,9-10,12-16,18-19,21-23,25,27-51H2,1-3H3/b11-8-,20-17-,26-24-. The Kier molecular flexibility index (Phi) is 48.3. The summed E-state index contributed by atoms with van der Waals surface area (Å²) in [4.78, 5) is 37.9. The van der Waals surface area contributed by atoms with Gasteiger partial charge >= 0.3 is 17.9 Å². The maximum Gasteiger partial charge on any atom is 0.306 e. The van der Waals surface area contributed by atoms with E-state index in [0.717, 1.165) is 83.5 Å². The van der Waals surface area contributed by atoms with E-state index in [9.17, 15) is 14.4 Å². The number of carbonyl (C=O) groups is 3. The van der Waals surface area contributed by atoms with E-state index in [1.807, 2.05) is 0 Å². The van der Waals surface area contributed by atoms with Crippen LogP contribution in [0.1, 0.15) is 278 Å². The van der Waals surface area contributed by atoms with E-state index in [-0.39, 0.29) is 31.1 Å². The highest BCUT2D eigenvalue weighted by Crippen LogP contribution is 2.16. The molecule has 0 saturated heterocycles. The van der Waals surface area contributed by atoms with E-state index in [2.05, 4.69) is 57.2 Å². The molecule has 0 aliphatic carbocycles. The van der Waals surface area contributed by atoms with Crippen LogP contribution in [-0.4, -0.2) is 37.2 Å². The second kappa shape index (κ2) is 50.3. The first kappa shape index (κ1) is 58.6. The normalized spacial score (nSPS) is 12.2. The van der Waals surface area contributed by atoms with E-state index in [4.69, 9.17) is 14.2 Å². The Labute approximate surface area is 378 Å². The number of rotatable bonds is 48. The predicted molar refractivity (Wildman–Crippen MR) is 261 cm³/mol. The average Bonchev–Trinajstić information content (AvgIpc) is 3.26. The topological polar surface area (TPSA) is 78.9 Å². The lowest BCUT2D eigenvalue weighted by Gasteiger charge is -2.18. The fourth-order valence-corrected chi connectivity index (χ4v) is 7.69. The lowest BCUT2D eigenvalue weighted by Crippen LogP contribution is -2.30. The van der Waals surface area contributed by atoms with Gasteiger partial charge in [-0.1, -0.05) is 243 Å². The smallest absolute Gasteiger partial charge is 0.306 e. The van der Waals surface area contributed by atoms with Crippen LogP contribution in [0, 0.1) is 0 Å². The predicted octanol–water partition coefficient (Wildman–Crippen LogP) is 17.3. The molecule has 0 bridgehead atoms. The molecule has 61 heavy (non-hydrogen) atoms. The molecule has 0 aliphatic heterocycles. The largest absolute Gasteiger partial charge is 0.462 e. The van der Waals surface area contributed by atoms with Gasteiger partial charge in [-0.25, -0.2) is 0 Å². The molecule has 0 saturated carbocycles. The second-order valence-corrected chi connectivity index (χ2v) is 17.8. The fourth-order valence-electron chi connectivity index (χ4n) is 7.69.